The Morgan fingerprint density at radius 1 is 1.04 bits per heavy atom. The lowest BCUT2D eigenvalue weighted by Crippen LogP contribution is -2.49. The van der Waals surface area contributed by atoms with Gasteiger partial charge in [0.05, 0.1) is 29.7 Å². The zero-order chi connectivity index (χ0) is 35.8. The number of benzene rings is 1. The summed E-state index contributed by atoms with van der Waals surface area (Å²) in [5.41, 5.74) is 0.647. The van der Waals surface area contributed by atoms with E-state index in [-0.39, 0.29) is 49.8 Å². The number of sulfonamides is 1. The highest BCUT2D eigenvalue weighted by Crippen LogP contribution is 2.57. The minimum Gasteiger partial charge on any atom is -0.462 e. The van der Waals surface area contributed by atoms with Crippen molar-refractivity contribution in [1.82, 2.24) is 19.6 Å². The van der Waals surface area contributed by atoms with E-state index in [2.05, 4.69) is 21.3 Å². The molecular formula is C37H47N5O7S. The molecule has 0 bridgehead atoms. The van der Waals surface area contributed by atoms with Gasteiger partial charge in [-0.2, -0.15) is 0 Å². The number of ketones is 1. The predicted molar refractivity (Wildman–Crippen MR) is 187 cm³/mol. The fraction of sp³-hybridized carbons (Fsp3) is 0.568. The van der Waals surface area contributed by atoms with E-state index < -0.39 is 49.9 Å². The molecule has 50 heavy (non-hydrogen) atoms. The summed E-state index contributed by atoms with van der Waals surface area (Å²) < 4.78 is 33.4. The number of aromatic nitrogens is 2. The molecule has 2 heterocycles. The monoisotopic (exact) mass is 705 g/mol. The average molecular weight is 706 g/mol. The number of anilines is 1. The fourth-order valence-electron chi connectivity index (χ4n) is 7.33. The summed E-state index contributed by atoms with van der Waals surface area (Å²) in [7, 11) is -3.83. The van der Waals surface area contributed by atoms with Crippen LogP contribution in [0.4, 0.5) is 5.69 Å². The van der Waals surface area contributed by atoms with Crippen LogP contribution in [0.2, 0.25) is 0 Å². The number of Topliss-reactive ketones (excluding diaryl/α,β-unsaturated/α-hetero) is 1. The first-order chi connectivity index (χ1) is 23.7. The van der Waals surface area contributed by atoms with E-state index in [4.69, 9.17) is 4.74 Å². The molecule has 3 aliphatic carbocycles. The lowest BCUT2D eigenvalue weighted by molar-refractivity contribution is -0.156. The largest absolute Gasteiger partial charge is 0.462 e. The highest BCUT2D eigenvalue weighted by atomic mass is 32.2. The van der Waals surface area contributed by atoms with Gasteiger partial charge in [-0.05, 0) is 74.0 Å². The molecule has 4 aliphatic rings. The van der Waals surface area contributed by atoms with E-state index in [1.54, 1.807) is 18.5 Å². The van der Waals surface area contributed by atoms with Crippen LogP contribution in [0.5, 0.6) is 0 Å². The van der Waals surface area contributed by atoms with Gasteiger partial charge in [-0.25, -0.2) is 18.4 Å². The quantitative estimate of drug-likeness (QED) is 0.234. The van der Waals surface area contributed by atoms with Crippen molar-refractivity contribution in [2.24, 2.45) is 22.7 Å². The van der Waals surface area contributed by atoms with Gasteiger partial charge >= 0.3 is 5.97 Å². The Bertz CT molecular complexity index is 1730. The predicted octanol–water partition coefficient (Wildman–Crippen LogP) is 4.42. The number of allylic oxidation sites excluding steroid dienone is 1. The third-order valence-corrected chi connectivity index (χ3v) is 12.6. The molecule has 4 fully saturated rings. The first-order valence-electron chi connectivity index (χ1n) is 17.5. The van der Waals surface area contributed by atoms with Crippen LogP contribution in [-0.2, 0) is 33.9 Å². The van der Waals surface area contributed by atoms with Gasteiger partial charge in [0, 0.05) is 36.6 Å². The summed E-state index contributed by atoms with van der Waals surface area (Å²) in [6.45, 7) is 9.77. The van der Waals surface area contributed by atoms with Gasteiger partial charge in [0.15, 0.2) is 5.78 Å². The lowest BCUT2D eigenvalue weighted by atomic mass is 9.77. The van der Waals surface area contributed by atoms with Crippen LogP contribution >= 0.6 is 0 Å². The Balaban J connectivity index is 1.26. The number of carbonyl (C=O) groups is 4. The maximum absolute atomic E-state index is 14.6. The Kier molecular flexibility index (Phi) is 9.91. The normalized spacial score (nSPS) is 24.5. The maximum atomic E-state index is 14.6. The Labute approximate surface area is 294 Å². The van der Waals surface area contributed by atoms with Crippen molar-refractivity contribution < 1.29 is 32.3 Å². The molecule has 13 heteroatoms. The second kappa shape index (κ2) is 13.9. The summed E-state index contributed by atoms with van der Waals surface area (Å²) in [5, 5.41) is -0.591. The van der Waals surface area contributed by atoms with Crippen molar-refractivity contribution in [3.05, 3.63) is 55.6 Å². The molecule has 0 spiro atoms. The molecule has 268 valence electrons. The molecule has 1 aromatic carbocycles. The van der Waals surface area contributed by atoms with Gasteiger partial charge < -0.3 is 14.5 Å². The third kappa shape index (κ3) is 7.62. The SMILES string of the molecule is C=C[C@@H]1C[C@]1(CC(=O)[C@@H]1CN(c2ccc(-c3cncnc3)cc2)CN1C(=O)[C@@H](CC(=O)OC1CCCC1)C(C)(C)C)C(=O)NS(=O)(=O)C1CC1. The van der Waals surface area contributed by atoms with E-state index in [0.29, 0.717) is 19.3 Å². The summed E-state index contributed by atoms with van der Waals surface area (Å²) in [4.78, 5) is 67.2. The van der Waals surface area contributed by atoms with Crippen LogP contribution in [0.15, 0.2) is 55.6 Å². The third-order valence-electron chi connectivity index (χ3n) is 10.7. The second-order valence-electron chi connectivity index (χ2n) is 15.4. The van der Waals surface area contributed by atoms with Crippen molar-refractivity contribution >= 4 is 39.3 Å². The van der Waals surface area contributed by atoms with Gasteiger partial charge in [0.1, 0.15) is 18.5 Å². The van der Waals surface area contributed by atoms with E-state index in [9.17, 15) is 27.6 Å². The Morgan fingerprint density at radius 2 is 1.70 bits per heavy atom. The molecular weight excluding hydrogens is 659 g/mol. The molecule has 1 aromatic heterocycles. The number of hydrogen-bond donors (Lipinski definition) is 1. The molecule has 0 unspecified atom stereocenters. The average Bonchev–Trinajstić information content (AvgIpc) is 3.96. The van der Waals surface area contributed by atoms with E-state index in [0.717, 1.165) is 42.5 Å². The van der Waals surface area contributed by atoms with Crippen LogP contribution in [0, 0.1) is 22.7 Å². The van der Waals surface area contributed by atoms with Gasteiger partial charge in [0.25, 0.3) is 0 Å². The van der Waals surface area contributed by atoms with Crippen molar-refractivity contribution in [1.29, 1.82) is 0 Å². The molecule has 4 atom stereocenters. The zero-order valence-corrected chi connectivity index (χ0v) is 29.9. The number of carbonyl (C=O) groups excluding carboxylic acids is 4. The van der Waals surface area contributed by atoms with Crippen LogP contribution < -0.4 is 9.62 Å². The summed E-state index contributed by atoms with van der Waals surface area (Å²) in [6, 6.07) is 6.72. The van der Waals surface area contributed by atoms with Crippen LogP contribution in [0.3, 0.4) is 0 Å². The summed E-state index contributed by atoms with van der Waals surface area (Å²) in [5.74, 6) is -2.95. The van der Waals surface area contributed by atoms with Crippen molar-refractivity contribution in [2.45, 2.75) is 96.0 Å². The smallest absolute Gasteiger partial charge is 0.306 e. The topological polar surface area (TPSA) is 156 Å². The lowest BCUT2D eigenvalue weighted by Gasteiger charge is -2.34. The maximum Gasteiger partial charge on any atom is 0.306 e. The van der Waals surface area contributed by atoms with Crippen LogP contribution in [-0.4, -0.2) is 77.5 Å². The summed E-state index contributed by atoms with van der Waals surface area (Å²) >= 11 is 0. The molecule has 1 N–H and O–H groups in total. The first-order valence-corrected chi connectivity index (χ1v) is 19.1. The van der Waals surface area contributed by atoms with Crippen LogP contribution in [0.1, 0.15) is 78.6 Å². The molecule has 6 rings (SSSR count). The molecule has 12 nitrogen and oxygen atoms in total. The highest BCUT2D eigenvalue weighted by Gasteiger charge is 2.61. The summed E-state index contributed by atoms with van der Waals surface area (Å²) in [6.07, 6.45) is 10.9. The minimum atomic E-state index is -3.83. The van der Waals surface area contributed by atoms with Gasteiger partial charge in [-0.15, -0.1) is 6.58 Å². The van der Waals surface area contributed by atoms with E-state index >= 15 is 0 Å². The number of nitrogens with zero attached hydrogens (tertiary/aromatic N) is 4. The van der Waals surface area contributed by atoms with E-state index in [1.807, 2.05) is 49.9 Å². The number of nitrogens with one attached hydrogen (secondary N) is 1. The first kappa shape index (κ1) is 35.7. The number of rotatable bonds is 13. The van der Waals surface area contributed by atoms with Gasteiger partial charge in [0.2, 0.25) is 21.8 Å². The zero-order valence-electron chi connectivity index (χ0n) is 29.0. The Hall–Kier alpha value is -4.13. The number of esters is 1. The fourth-order valence-corrected chi connectivity index (χ4v) is 8.71. The van der Waals surface area contributed by atoms with Crippen molar-refractivity contribution in [3.8, 4) is 11.1 Å². The molecule has 1 aliphatic heterocycles. The minimum absolute atomic E-state index is 0.0907. The number of hydrogen-bond acceptors (Lipinski definition) is 10. The van der Waals surface area contributed by atoms with Crippen molar-refractivity contribution in [3.63, 3.8) is 0 Å². The van der Waals surface area contributed by atoms with Crippen molar-refractivity contribution in [2.75, 3.05) is 18.1 Å². The standard InChI is InChI=1S/C37H47N5O7S/c1-5-26-17-37(26,35(46)40-50(47,48)29-14-15-29)18-32(43)31-21-41(27-12-10-24(11-13-27)25-19-38-22-39-20-25)23-42(31)34(45)30(36(2,3)4)16-33(44)49-28-8-6-7-9-28/h5,10-13,19-20,22,26,28-31H,1,6-9,14-18,21,23H2,2-4H3,(H,40,46)/t26-,30-,31+,37-/m1/s1. The molecule has 3 saturated carbocycles. The number of ether oxygens (including phenoxy) is 1. The highest BCUT2D eigenvalue weighted by molar-refractivity contribution is 7.90. The van der Waals surface area contributed by atoms with Gasteiger partial charge in [-0.3, -0.25) is 23.9 Å². The van der Waals surface area contributed by atoms with Gasteiger partial charge in [-0.1, -0.05) is 39.0 Å². The van der Waals surface area contributed by atoms with Crippen LogP contribution in [0.25, 0.3) is 11.1 Å². The molecule has 2 aromatic rings. The second-order valence-corrected chi connectivity index (χ2v) is 17.4. The molecule has 1 saturated heterocycles. The Morgan fingerprint density at radius 3 is 2.28 bits per heavy atom. The number of amides is 2. The molecule has 0 radical (unpaired) electrons. The van der Waals surface area contributed by atoms with E-state index in [1.165, 1.54) is 11.2 Å². The molecule has 2 amide bonds.